The van der Waals surface area contributed by atoms with Gasteiger partial charge in [0.25, 0.3) is 0 Å². The number of likely N-dealkylation sites (tertiary alicyclic amines) is 1. The van der Waals surface area contributed by atoms with E-state index in [4.69, 9.17) is 24.1 Å². The molecule has 1 heterocycles. The maximum atomic E-state index is 14.5. The van der Waals surface area contributed by atoms with E-state index in [1.54, 1.807) is 33.1 Å². The number of benzene rings is 3. The Morgan fingerprint density at radius 1 is 0.845 bits per heavy atom. The van der Waals surface area contributed by atoms with Gasteiger partial charge in [-0.3, -0.25) is 29.4 Å². The van der Waals surface area contributed by atoms with Crippen molar-refractivity contribution in [3.05, 3.63) is 83.9 Å². The van der Waals surface area contributed by atoms with Crippen LogP contribution in [0.2, 0.25) is 0 Å². The fraction of sp³-hybridized carbons (Fsp3) is 0.577. The molecule has 1 fully saturated rings. The zero-order valence-corrected chi connectivity index (χ0v) is 45.3. The summed E-state index contributed by atoms with van der Waals surface area (Å²) in [6.45, 7) is 14.2. The molecule has 1 saturated heterocycles. The van der Waals surface area contributed by atoms with E-state index in [9.17, 15) is 37.1 Å². The monoisotopic (exact) mass is 1010 g/mol. The molecule has 19 heteroatoms. The first-order valence-electron chi connectivity index (χ1n) is 23.9. The summed E-state index contributed by atoms with van der Waals surface area (Å²) in [7, 11) is 6.69. The molecule has 0 radical (unpaired) electrons. The molecule has 1 aliphatic heterocycles. The van der Waals surface area contributed by atoms with Crippen molar-refractivity contribution in [1.82, 2.24) is 25.8 Å². The first kappa shape index (κ1) is 62.7. The van der Waals surface area contributed by atoms with Crippen molar-refractivity contribution in [2.75, 3.05) is 34.9 Å². The minimum atomic E-state index is -5.19. The molecule has 1 aliphatic rings. The number of aliphatic carboxylic acids is 1. The predicted molar refractivity (Wildman–Crippen MR) is 257 cm³/mol. The predicted octanol–water partition coefficient (Wildman–Crippen LogP) is 2.22. The summed E-state index contributed by atoms with van der Waals surface area (Å²) in [4.78, 5) is 82.0. The number of carboxylic acid groups (broad SMARTS) is 1. The molecule has 71 heavy (non-hydrogen) atoms. The summed E-state index contributed by atoms with van der Waals surface area (Å²) in [5, 5.41) is 19.5. The molecule has 3 N–H and O–H groups in total. The molecule has 3 aromatic carbocycles. The minimum Gasteiger partial charge on any atom is -0.542 e. The molecule has 4 rings (SSSR count). The number of hydrogen-bond donors (Lipinski definition) is 3. The number of carbonyl (C=O) groups is 6. The Labute approximate surface area is 438 Å². The Bertz CT molecular complexity index is 2180. The number of fused-ring (bicyclic) bond motifs is 1. The fourth-order valence-electron chi connectivity index (χ4n) is 9.39. The Morgan fingerprint density at radius 2 is 1.45 bits per heavy atom. The molecule has 0 saturated carbocycles. The van der Waals surface area contributed by atoms with E-state index in [0.29, 0.717) is 13.0 Å². The van der Waals surface area contributed by atoms with Gasteiger partial charge in [0.05, 0.1) is 42.7 Å². The Hall–Kier alpha value is -4.43. The summed E-state index contributed by atoms with van der Waals surface area (Å²) in [5.41, 5.74) is 1.73. The summed E-state index contributed by atoms with van der Waals surface area (Å²) in [5.74, 6) is -5.76. The van der Waals surface area contributed by atoms with Crippen LogP contribution in [0.3, 0.4) is 0 Å². The molecule has 4 amide bonds. The van der Waals surface area contributed by atoms with Crippen LogP contribution >= 0.6 is 0 Å². The summed E-state index contributed by atoms with van der Waals surface area (Å²) in [6, 6.07) is 20.3. The number of methoxy groups -OCH3 is 2. The second kappa shape index (κ2) is 29.9. The van der Waals surface area contributed by atoms with Gasteiger partial charge in [0.1, 0.15) is 18.6 Å². The zero-order valence-electron chi connectivity index (χ0n) is 43.3. The topological polar surface area (TPSA) is 196 Å². The number of hydrogen-bond acceptors (Lipinski definition) is 12. The van der Waals surface area contributed by atoms with Crippen LogP contribution in [0.5, 0.6) is 0 Å². The van der Waals surface area contributed by atoms with E-state index in [0.717, 1.165) is 34.7 Å². The Kier molecular flexibility index (Phi) is 26.4. The van der Waals surface area contributed by atoms with Gasteiger partial charge in [-0.05, 0) is 66.6 Å². The molecule has 0 unspecified atom stereocenters. The average molecular weight is 1010 g/mol. The quantitative estimate of drug-likeness (QED) is 0.0928. The number of carboxylic acids is 1. The van der Waals surface area contributed by atoms with Gasteiger partial charge in [-0.1, -0.05) is 128 Å². The maximum Gasteiger partial charge on any atom is 1.00 e. The van der Waals surface area contributed by atoms with Crippen molar-refractivity contribution in [2.45, 2.75) is 136 Å². The number of imide groups is 1. The van der Waals surface area contributed by atoms with Gasteiger partial charge in [-0.2, -0.15) is 13.2 Å². The number of halogens is 3. The van der Waals surface area contributed by atoms with Gasteiger partial charge in [-0.15, -0.1) is 0 Å². The minimum absolute atomic E-state index is 0. The van der Waals surface area contributed by atoms with E-state index >= 15 is 0 Å². The molecular weight excluding hydrogens is 935 g/mol. The number of carbonyl (C=O) groups excluding carboxylic acids is 6. The van der Waals surface area contributed by atoms with Crippen LogP contribution in [0, 0.1) is 23.7 Å². The van der Waals surface area contributed by atoms with E-state index in [1.807, 2.05) is 112 Å². The third-order valence-corrected chi connectivity index (χ3v) is 13.1. The van der Waals surface area contributed by atoms with E-state index in [1.165, 1.54) is 0 Å². The van der Waals surface area contributed by atoms with Crippen molar-refractivity contribution in [1.29, 1.82) is 0 Å². The van der Waals surface area contributed by atoms with Crippen LogP contribution in [0.1, 0.15) is 85.3 Å². The molecule has 9 atom stereocenters. The van der Waals surface area contributed by atoms with Crippen molar-refractivity contribution < 1.29 is 90.8 Å². The Balaban J connectivity index is 0.00000200. The maximum absolute atomic E-state index is 14.5. The van der Waals surface area contributed by atoms with Gasteiger partial charge >= 0.3 is 41.7 Å². The number of nitrogens with zero attached hydrogens (tertiary/aromatic N) is 2. The Morgan fingerprint density at radius 3 is 2.00 bits per heavy atom. The zero-order chi connectivity index (χ0) is 52.5. The molecule has 0 bridgehead atoms. The van der Waals surface area contributed by atoms with Crippen LogP contribution in [0.4, 0.5) is 13.2 Å². The van der Waals surface area contributed by atoms with Crippen molar-refractivity contribution >= 4 is 46.3 Å². The second-order valence-electron chi connectivity index (χ2n) is 18.6. The summed E-state index contributed by atoms with van der Waals surface area (Å²) in [6.07, 6.45) is -4.09. The van der Waals surface area contributed by atoms with Gasteiger partial charge in [0.2, 0.25) is 23.6 Å². The summed E-state index contributed by atoms with van der Waals surface area (Å²) >= 11 is 0. The van der Waals surface area contributed by atoms with Gasteiger partial charge in [-0.25, -0.2) is 4.79 Å². The van der Waals surface area contributed by atoms with Crippen LogP contribution in [0.15, 0.2) is 72.8 Å². The molecule has 0 aliphatic carbocycles. The van der Waals surface area contributed by atoms with E-state index < -0.39 is 66.3 Å². The SMILES string of the molecule is CC[C@H](C)[C@@H]([C@@H](CC(=O)N1CCC[C@H]1[C@H](OC)[C@@H](C)C(=O)N[C@@H](Cc1ccccc1)C(=O)OCc1cccc2ccccc12)OC)N(C)[C@H](C(=O)NC(=O)[C@@H](NC)C(C)C)C(C)C.O=C([O-])C(F)(F)F.[Na+]. The molecule has 0 aromatic heterocycles. The normalized spacial score (nSPS) is 17.1. The first-order chi connectivity index (χ1) is 33.0. The number of esters is 1. The standard InChI is InChI=1S/C50H73N5O8.C2HF3O2.Na/c1-12-33(6)45(54(9)44(32(4)5)49(59)53-48(58)43(51-8)31(2)3)41(61-10)29-42(56)55-27-19-26-40(55)46(62-11)34(7)47(57)52-39(28-35-20-14-13-15-21-35)50(60)63-30-37-24-18-23-36-22-16-17-25-38(36)37;3-2(4,5)1(6)7;/h13-18,20-25,31-34,39-41,43-46,51H,12,19,26-30H2,1-11H3,(H,52,57)(H,53,58,59);(H,6,7);/q;;+1/p-1/t33-,34+,39-,40-,41+,43-,44-,45-,46+;;/m0../s1. The van der Waals surface area contributed by atoms with Crippen molar-refractivity contribution in [3.8, 4) is 0 Å². The molecule has 388 valence electrons. The number of likely N-dealkylation sites (N-methyl/N-ethyl adjacent to an activating group) is 2. The molecule has 15 nitrogen and oxygen atoms in total. The van der Waals surface area contributed by atoms with Gasteiger partial charge in [0.15, 0.2) is 0 Å². The molecular formula is C52H73F3N5NaO10. The van der Waals surface area contributed by atoms with Crippen molar-refractivity contribution in [3.63, 3.8) is 0 Å². The van der Waals surface area contributed by atoms with Crippen LogP contribution in [-0.4, -0.2) is 129 Å². The van der Waals surface area contributed by atoms with Crippen LogP contribution in [-0.2, 0) is 56.0 Å². The third kappa shape index (κ3) is 17.9. The fourth-order valence-corrected chi connectivity index (χ4v) is 9.39. The van der Waals surface area contributed by atoms with E-state index in [2.05, 4.69) is 29.8 Å². The first-order valence-corrected chi connectivity index (χ1v) is 23.9. The average Bonchev–Trinajstić information content (AvgIpc) is 3.80. The number of ether oxygens (including phenoxy) is 3. The van der Waals surface area contributed by atoms with Gasteiger partial charge in [0, 0.05) is 33.2 Å². The van der Waals surface area contributed by atoms with Crippen LogP contribution < -0.4 is 50.6 Å². The number of amides is 4. The number of alkyl halides is 3. The summed E-state index contributed by atoms with van der Waals surface area (Å²) < 4.78 is 49.6. The van der Waals surface area contributed by atoms with Gasteiger partial charge < -0.3 is 39.6 Å². The molecule has 0 spiro atoms. The van der Waals surface area contributed by atoms with Crippen molar-refractivity contribution in [2.24, 2.45) is 23.7 Å². The van der Waals surface area contributed by atoms with E-state index in [-0.39, 0.29) is 90.5 Å². The smallest absolute Gasteiger partial charge is 0.542 e. The second-order valence-corrected chi connectivity index (χ2v) is 18.6. The number of rotatable bonds is 23. The third-order valence-electron chi connectivity index (χ3n) is 13.1. The van der Waals surface area contributed by atoms with Crippen LogP contribution in [0.25, 0.3) is 10.8 Å². The molecule has 3 aromatic rings. The largest absolute Gasteiger partial charge is 1.00 e. The number of nitrogens with one attached hydrogen (secondary N) is 3.